The average molecular weight is 335 g/mol. The molecule has 0 aliphatic carbocycles. The minimum Gasteiger partial charge on any atom is -0.373 e. The Hall–Kier alpha value is -3.16. The summed E-state index contributed by atoms with van der Waals surface area (Å²) >= 11 is 0. The Morgan fingerprint density at radius 1 is 1.52 bits per heavy atom. The molecular formula is C18H14FN5O. The number of morpholine rings is 1. The highest BCUT2D eigenvalue weighted by atomic mass is 19.1. The number of fused-ring (bicyclic) bond motifs is 2. The van der Waals surface area contributed by atoms with Crippen molar-refractivity contribution in [3.05, 3.63) is 63.8 Å². The van der Waals surface area contributed by atoms with Crippen LogP contribution in [0.15, 0.2) is 41.0 Å². The summed E-state index contributed by atoms with van der Waals surface area (Å²) in [5.74, 6) is -1.19. The second-order valence-corrected chi connectivity index (χ2v) is 6.02. The monoisotopic (exact) mass is 335 g/mol. The van der Waals surface area contributed by atoms with E-state index in [-0.39, 0.29) is 6.61 Å². The highest BCUT2D eigenvalue weighted by Gasteiger charge is 2.37. The Balaban J connectivity index is 1.98. The van der Waals surface area contributed by atoms with Gasteiger partial charge in [0.05, 0.1) is 54.8 Å². The molecule has 2 aliphatic rings. The highest BCUT2D eigenvalue weighted by Crippen LogP contribution is 2.44. The summed E-state index contributed by atoms with van der Waals surface area (Å²) in [6.07, 6.45) is 1.60. The second kappa shape index (κ2) is 5.73. The van der Waals surface area contributed by atoms with Gasteiger partial charge in [0.2, 0.25) is 0 Å². The van der Waals surface area contributed by atoms with E-state index >= 15 is 0 Å². The normalized spacial score (nSPS) is 20.5. The van der Waals surface area contributed by atoms with E-state index in [2.05, 4.69) is 21.1 Å². The fourth-order valence-corrected chi connectivity index (χ4v) is 3.56. The molecule has 6 nitrogen and oxygen atoms in total. The summed E-state index contributed by atoms with van der Waals surface area (Å²) < 4.78 is 20.3. The first-order valence-corrected chi connectivity index (χ1v) is 7.85. The number of rotatable bonds is 1. The van der Waals surface area contributed by atoms with Crippen molar-refractivity contribution < 1.29 is 9.13 Å². The van der Waals surface area contributed by atoms with Gasteiger partial charge in [-0.15, -0.1) is 0 Å². The molecule has 3 heterocycles. The Morgan fingerprint density at radius 3 is 3.12 bits per heavy atom. The molecule has 1 saturated heterocycles. The molecule has 124 valence electrons. The van der Waals surface area contributed by atoms with Crippen molar-refractivity contribution in [2.75, 3.05) is 19.8 Å². The van der Waals surface area contributed by atoms with Crippen molar-refractivity contribution in [1.29, 1.82) is 5.26 Å². The molecule has 7 heteroatoms. The lowest BCUT2D eigenvalue weighted by atomic mass is 9.83. The molecule has 25 heavy (non-hydrogen) atoms. The maximum Gasteiger partial charge on any atom is 0.196 e. The molecule has 4 rings (SSSR count). The lowest BCUT2D eigenvalue weighted by Crippen LogP contribution is -2.38. The van der Waals surface area contributed by atoms with Crippen molar-refractivity contribution in [3.63, 3.8) is 0 Å². The van der Waals surface area contributed by atoms with Crippen molar-refractivity contribution in [2.45, 2.75) is 12.8 Å². The van der Waals surface area contributed by atoms with E-state index in [9.17, 15) is 9.65 Å². The van der Waals surface area contributed by atoms with Gasteiger partial charge in [0.15, 0.2) is 5.70 Å². The van der Waals surface area contributed by atoms with Crippen molar-refractivity contribution in [3.8, 4) is 6.07 Å². The number of nitriles is 1. The van der Waals surface area contributed by atoms with Gasteiger partial charge in [-0.1, -0.05) is 0 Å². The van der Waals surface area contributed by atoms with E-state index in [0.717, 1.165) is 16.8 Å². The van der Waals surface area contributed by atoms with Crippen LogP contribution in [0.3, 0.4) is 0 Å². The fourth-order valence-electron chi connectivity index (χ4n) is 3.56. The second-order valence-electron chi connectivity index (χ2n) is 6.02. The first-order valence-electron chi connectivity index (χ1n) is 7.85. The van der Waals surface area contributed by atoms with Crippen LogP contribution in [0.2, 0.25) is 0 Å². The van der Waals surface area contributed by atoms with Crippen LogP contribution in [0.1, 0.15) is 18.4 Å². The molecule has 2 aliphatic heterocycles. The van der Waals surface area contributed by atoms with Gasteiger partial charge in [0.25, 0.3) is 0 Å². The smallest absolute Gasteiger partial charge is 0.196 e. The summed E-state index contributed by atoms with van der Waals surface area (Å²) in [4.78, 5) is 5.60. The number of benzene rings is 1. The lowest BCUT2D eigenvalue weighted by molar-refractivity contribution is 0.0835. The molecule has 2 aromatic rings. The number of aromatic amines is 1. The zero-order chi connectivity index (χ0) is 17.6. The average Bonchev–Trinajstić information content (AvgIpc) is 3.08. The van der Waals surface area contributed by atoms with Crippen LogP contribution in [0.4, 0.5) is 4.39 Å². The standard InChI is InChI=1S/C18H14FN5O/c1-10-18(21-2)17(13(7-20)16-9-25-4-3-24(10)16)12-5-11-8-22-23-15(11)6-14(12)19/h5-6,8,17H,3-4,9H2,1H3,(H,22,23). The molecule has 1 aromatic heterocycles. The van der Waals surface area contributed by atoms with E-state index in [4.69, 9.17) is 11.3 Å². The van der Waals surface area contributed by atoms with Crippen LogP contribution >= 0.6 is 0 Å². The summed E-state index contributed by atoms with van der Waals surface area (Å²) in [6.45, 7) is 10.9. The zero-order valence-electron chi connectivity index (χ0n) is 13.5. The van der Waals surface area contributed by atoms with Gasteiger partial charge >= 0.3 is 0 Å². The number of halogens is 1. The van der Waals surface area contributed by atoms with E-state index in [0.29, 0.717) is 35.5 Å². The third kappa shape index (κ3) is 2.21. The molecule has 1 unspecified atom stereocenters. The Labute approximate surface area is 143 Å². The summed E-state index contributed by atoms with van der Waals surface area (Å²) in [6, 6.07) is 5.22. The first-order chi connectivity index (χ1) is 12.2. The molecular weight excluding hydrogens is 321 g/mol. The first kappa shape index (κ1) is 15.4. The number of hydrogen-bond acceptors (Lipinski definition) is 4. The maximum absolute atomic E-state index is 14.8. The van der Waals surface area contributed by atoms with Crippen molar-refractivity contribution >= 4 is 10.9 Å². The third-order valence-electron chi connectivity index (χ3n) is 4.78. The molecule has 1 atom stereocenters. The molecule has 0 spiro atoms. The summed E-state index contributed by atoms with van der Waals surface area (Å²) in [5, 5.41) is 17.2. The quantitative estimate of drug-likeness (QED) is 0.813. The number of ether oxygens (including phenoxy) is 1. The number of allylic oxidation sites excluding steroid dienone is 2. The van der Waals surface area contributed by atoms with Crippen LogP contribution < -0.4 is 0 Å². The van der Waals surface area contributed by atoms with Gasteiger partial charge in [-0.25, -0.2) is 9.24 Å². The Morgan fingerprint density at radius 2 is 2.36 bits per heavy atom. The fraction of sp³-hybridized carbons (Fsp3) is 0.278. The summed E-state index contributed by atoms with van der Waals surface area (Å²) in [5.41, 5.74) is 3.12. The molecule has 0 bridgehead atoms. The SMILES string of the molecule is [C-]#[N+]C1=C(C)N2CCOCC2=C(C#N)C1c1cc2cn[nH]c2cc1F. The zero-order valence-corrected chi connectivity index (χ0v) is 13.5. The predicted molar refractivity (Wildman–Crippen MR) is 88.3 cm³/mol. The molecule has 1 aromatic carbocycles. The van der Waals surface area contributed by atoms with Gasteiger partial charge in [-0.3, -0.25) is 5.10 Å². The van der Waals surface area contributed by atoms with Gasteiger partial charge in [0.1, 0.15) is 5.82 Å². The van der Waals surface area contributed by atoms with Crippen LogP contribution in [0, 0.1) is 23.7 Å². The molecule has 1 N–H and O–H groups in total. The van der Waals surface area contributed by atoms with Crippen LogP contribution in [0.5, 0.6) is 0 Å². The molecule has 1 fully saturated rings. The van der Waals surface area contributed by atoms with Crippen LogP contribution in [0.25, 0.3) is 15.7 Å². The minimum absolute atomic E-state index is 0.289. The third-order valence-corrected chi connectivity index (χ3v) is 4.78. The number of nitrogens with zero attached hydrogens (tertiary/aromatic N) is 4. The largest absolute Gasteiger partial charge is 0.373 e. The van der Waals surface area contributed by atoms with Crippen molar-refractivity contribution in [2.24, 2.45) is 0 Å². The van der Waals surface area contributed by atoms with Gasteiger partial charge in [-0.05, 0) is 24.6 Å². The van der Waals surface area contributed by atoms with E-state index in [1.807, 2.05) is 11.8 Å². The number of nitrogens with one attached hydrogen (secondary N) is 1. The highest BCUT2D eigenvalue weighted by molar-refractivity contribution is 5.79. The van der Waals surface area contributed by atoms with Gasteiger partial charge < -0.3 is 9.64 Å². The van der Waals surface area contributed by atoms with Gasteiger partial charge in [-0.2, -0.15) is 10.4 Å². The van der Waals surface area contributed by atoms with E-state index in [1.54, 1.807) is 12.3 Å². The maximum atomic E-state index is 14.8. The van der Waals surface area contributed by atoms with Gasteiger partial charge in [0, 0.05) is 17.6 Å². The predicted octanol–water partition coefficient (Wildman–Crippen LogP) is 3.06. The molecule has 0 radical (unpaired) electrons. The summed E-state index contributed by atoms with van der Waals surface area (Å²) in [7, 11) is 0. The van der Waals surface area contributed by atoms with E-state index in [1.165, 1.54) is 6.07 Å². The number of hydrogen-bond donors (Lipinski definition) is 1. The van der Waals surface area contributed by atoms with E-state index < -0.39 is 11.7 Å². The Kier molecular flexibility index (Phi) is 3.52. The number of aromatic nitrogens is 2. The van der Waals surface area contributed by atoms with Crippen LogP contribution in [-0.2, 0) is 4.74 Å². The Bertz CT molecular complexity index is 1020. The topological polar surface area (TPSA) is 69.3 Å². The van der Waals surface area contributed by atoms with Crippen LogP contribution in [-0.4, -0.2) is 34.9 Å². The van der Waals surface area contributed by atoms with Crippen molar-refractivity contribution in [1.82, 2.24) is 15.1 Å². The number of H-pyrrole nitrogens is 1. The minimum atomic E-state index is -0.727. The lowest BCUT2D eigenvalue weighted by Gasteiger charge is -2.39. The molecule has 0 saturated carbocycles. The molecule has 0 amide bonds.